The summed E-state index contributed by atoms with van der Waals surface area (Å²) in [6, 6.07) is 3.44. The third-order valence-corrected chi connectivity index (χ3v) is 3.89. The zero-order valence-electron chi connectivity index (χ0n) is 14.1. The molecule has 0 aliphatic carbocycles. The first-order chi connectivity index (χ1) is 11.4. The number of aliphatic hydroxyl groups is 1. The molecule has 1 atom stereocenters. The van der Waals surface area contributed by atoms with E-state index in [4.69, 9.17) is 4.74 Å². The summed E-state index contributed by atoms with van der Waals surface area (Å²) >= 11 is 0. The van der Waals surface area contributed by atoms with Crippen LogP contribution in [0.5, 0.6) is 0 Å². The third kappa shape index (κ3) is 4.37. The molecule has 0 radical (unpaired) electrons. The first-order valence-corrected chi connectivity index (χ1v) is 7.82. The number of aromatic nitrogens is 2. The fourth-order valence-electron chi connectivity index (χ4n) is 2.58. The molecule has 1 aromatic heterocycles. The van der Waals surface area contributed by atoms with Crippen molar-refractivity contribution in [2.45, 2.75) is 32.9 Å². The van der Waals surface area contributed by atoms with Gasteiger partial charge in [-0.15, -0.1) is 0 Å². The molecule has 5 nitrogen and oxygen atoms in total. The van der Waals surface area contributed by atoms with Crippen molar-refractivity contribution in [2.75, 3.05) is 20.3 Å². The van der Waals surface area contributed by atoms with Crippen molar-refractivity contribution in [3.05, 3.63) is 46.8 Å². The van der Waals surface area contributed by atoms with Crippen LogP contribution in [0.15, 0.2) is 18.2 Å². The van der Waals surface area contributed by atoms with E-state index in [1.165, 1.54) is 16.8 Å². The van der Waals surface area contributed by atoms with Crippen molar-refractivity contribution in [3.63, 3.8) is 0 Å². The number of nitrogens with one attached hydrogen (secondary N) is 1. The number of aliphatic hydroxyl groups excluding tert-OH is 1. The number of nitrogens with zero attached hydrogens (tertiary/aromatic N) is 2. The van der Waals surface area contributed by atoms with Gasteiger partial charge in [-0.1, -0.05) is 0 Å². The van der Waals surface area contributed by atoms with Gasteiger partial charge >= 0.3 is 0 Å². The second-order valence-corrected chi connectivity index (χ2v) is 5.73. The highest BCUT2D eigenvalue weighted by molar-refractivity contribution is 5.38. The van der Waals surface area contributed by atoms with Crippen LogP contribution >= 0.6 is 0 Å². The molecule has 2 N–H and O–H groups in total. The summed E-state index contributed by atoms with van der Waals surface area (Å²) < 4.78 is 33.4. The van der Waals surface area contributed by atoms with E-state index in [1.807, 2.05) is 13.8 Å². The number of aryl methyl sites for hydroxylation is 1. The van der Waals surface area contributed by atoms with Crippen LogP contribution in [-0.2, 0) is 11.3 Å². The van der Waals surface area contributed by atoms with E-state index < -0.39 is 17.7 Å². The van der Waals surface area contributed by atoms with Crippen molar-refractivity contribution < 1.29 is 18.6 Å². The summed E-state index contributed by atoms with van der Waals surface area (Å²) in [6.07, 6.45) is 0.0767. The number of rotatable bonds is 8. The number of hydrogen-bond donors (Lipinski definition) is 2. The summed E-state index contributed by atoms with van der Waals surface area (Å²) in [6.45, 7) is 5.18. The average molecular weight is 339 g/mol. The molecular formula is C17H23F2N3O2. The summed E-state index contributed by atoms with van der Waals surface area (Å²) in [5.74, 6) is -1.27. The molecular weight excluding hydrogens is 316 g/mol. The summed E-state index contributed by atoms with van der Waals surface area (Å²) in [7, 11) is 1.55. The standard InChI is InChI=1S/C17H23F2N3O2/c1-11-15(9-20-7-6-14(23)10-24-3)12(2)22(21-11)17-5-4-13(18)8-16(17)19/h4-5,8,14,20,23H,6-7,9-10H2,1-3H3. The molecule has 1 heterocycles. The quantitative estimate of drug-likeness (QED) is 0.724. The lowest BCUT2D eigenvalue weighted by Gasteiger charge is -2.10. The Balaban J connectivity index is 2.06. The van der Waals surface area contributed by atoms with Gasteiger partial charge < -0.3 is 15.2 Å². The number of benzene rings is 1. The summed E-state index contributed by atoms with van der Waals surface area (Å²) in [5.41, 5.74) is 2.75. The van der Waals surface area contributed by atoms with Gasteiger partial charge in [0.25, 0.3) is 0 Å². The Kier molecular flexibility index (Phi) is 6.42. The molecule has 0 spiro atoms. The minimum atomic E-state index is -0.650. The van der Waals surface area contributed by atoms with E-state index in [9.17, 15) is 13.9 Å². The molecule has 2 rings (SSSR count). The Morgan fingerprint density at radius 1 is 1.33 bits per heavy atom. The number of hydrogen-bond acceptors (Lipinski definition) is 4. The van der Waals surface area contributed by atoms with E-state index in [1.54, 1.807) is 7.11 Å². The molecule has 0 saturated carbocycles. The molecule has 0 aliphatic rings. The summed E-state index contributed by atoms with van der Waals surface area (Å²) in [4.78, 5) is 0. The van der Waals surface area contributed by atoms with E-state index in [0.717, 1.165) is 23.0 Å². The smallest absolute Gasteiger partial charge is 0.151 e. The van der Waals surface area contributed by atoms with E-state index >= 15 is 0 Å². The van der Waals surface area contributed by atoms with Gasteiger partial charge in [0.15, 0.2) is 5.82 Å². The van der Waals surface area contributed by atoms with Crippen LogP contribution in [0.3, 0.4) is 0 Å². The Bertz CT molecular complexity index is 689. The van der Waals surface area contributed by atoms with Crippen LogP contribution in [0.2, 0.25) is 0 Å². The molecule has 0 bridgehead atoms. The lowest BCUT2D eigenvalue weighted by atomic mass is 10.2. The molecule has 0 saturated heterocycles. The second-order valence-electron chi connectivity index (χ2n) is 5.73. The maximum atomic E-state index is 14.0. The number of ether oxygens (including phenoxy) is 1. The van der Waals surface area contributed by atoms with Crippen LogP contribution in [0, 0.1) is 25.5 Å². The molecule has 132 valence electrons. The van der Waals surface area contributed by atoms with Crippen LogP contribution in [0.4, 0.5) is 8.78 Å². The SMILES string of the molecule is COCC(O)CCNCc1c(C)nn(-c2ccc(F)cc2F)c1C. The number of halogens is 2. The largest absolute Gasteiger partial charge is 0.391 e. The van der Waals surface area contributed by atoms with Gasteiger partial charge in [0.1, 0.15) is 11.5 Å². The fraction of sp³-hybridized carbons (Fsp3) is 0.471. The molecule has 2 aromatic rings. The van der Waals surface area contributed by atoms with Gasteiger partial charge in [0.2, 0.25) is 0 Å². The Morgan fingerprint density at radius 2 is 2.08 bits per heavy atom. The molecule has 0 amide bonds. The monoisotopic (exact) mass is 339 g/mol. The Labute approximate surface area is 140 Å². The van der Waals surface area contributed by atoms with E-state index in [2.05, 4.69) is 10.4 Å². The van der Waals surface area contributed by atoms with Crippen LogP contribution < -0.4 is 5.32 Å². The highest BCUT2D eigenvalue weighted by Crippen LogP contribution is 2.20. The van der Waals surface area contributed by atoms with Crippen molar-refractivity contribution in [3.8, 4) is 5.69 Å². The maximum absolute atomic E-state index is 14.0. The van der Waals surface area contributed by atoms with Gasteiger partial charge in [-0.2, -0.15) is 5.10 Å². The first kappa shape index (κ1) is 18.5. The minimum absolute atomic E-state index is 0.221. The van der Waals surface area contributed by atoms with Crippen LogP contribution in [-0.4, -0.2) is 41.3 Å². The average Bonchev–Trinajstić information content (AvgIpc) is 2.79. The predicted octanol–water partition coefficient (Wildman–Crippen LogP) is 2.25. The van der Waals surface area contributed by atoms with Gasteiger partial charge in [-0.05, 0) is 38.9 Å². The zero-order valence-corrected chi connectivity index (χ0v) is 14.1. The second kappa shape index (κ2) is 8.32. The lowest BCUT2D eigenvalue weighted by Crippen LogP contribution is -2.23. The van der Waals surface area contributed by atoms with Crippen molar-refractivity contribution in [1.29, 1.82) is 0 Å². The lowest BCUT2D eigenvalue weighted by molar-refractivity contribution is 0.0594. The molecule has 1 aromatic carbocycles. The van der Waals surface area contributed by atoms with E-state index in [0.29, 0.717) is 26.1 Å². The topological polar surface area (TPSA) is 59.3 Å². The fourth-order valence-corrected chi connectivity index (χ4v) is 2.58. The minimum Gasteiger partial charge on any atom is -0.391 e. The molecule has 0 fully saturated rings. The summed E-state index contributed by atoms with van der Waals surface area (Å²) in [5, 5.41) is 17.2. The van der Waals surface area contributed by atoms with Crippen molar-refractivity contribution in [2.24, 2.45) is 0 Å². The van der Waals surface area contributed by atoms with Gasteiger partial charge in [0.05, 0.1) is 18.4 Å². The van der Waals surface area contributed by atoms with Crippen LogP contribution in [0.25, 0.3) is 5.69 Å². The molecule has 0 aliphatic heterocycles. The third-order valence-electron chi connectivity index (χ3n) is 3.89. The van der Waals surface area contributed by atoms with E-state index in [-0.39, 0.29) is 5.69 Å². The molecule has 24 heavy (non-hydrogen) atoms. The molecule has 7 heteroatoms. The van der Waals surface area contributed by atoms with Crippen molar-refractivity contribution in [1.82, 2.24) is 15.1 Å². The normalized spacial score (nSPS) is 12.6. The highest BCUT2D eigenvalue weighted by Gasteiger charge is 2.15. The van der Waals surface area contributed by atoms with Gasteiger partial charge in [-0.25, -0.2) is 13.5 Å². The molecule has 1 unspecified atom stereocenters. The van der Waals surface area contributed by atoms with Gasteiger partial charge in [-0.3, -0.25) is 0 Å². The first-order valence-electron chi connectivity index (χ1n) is 7.82. The van der Waals surface area contributed by atoms with Crippen LogP contribution in [0.1, 0.15) is 23.4 Å². The highest BCUT2D eigenvalue weighted by atomic mass is 19.1. The predicted molar refractivity (Wildman–Crippen MR) is 87.2 cm³/mol. The Morgan fingerprint density at radius 3 is 2.75 bits per heavy atom. The van der Waals surface area contributed by atoms with Crippen molar-refractivity contribution >= 4 is 0 Å². The zero-order chi connectivity index (χ0) is 17.7. The number of methoxy groups -OCH3 is 1. The van der Waals surface area contributed by atoms with Gasteiger partial charge in [0, 0.05) is 31.0 Å². The Hall–Kier alpha value is -1.83. The maximum Gasteiger partial charge on any atom is 0.151 e.